The highest BCUT2D eigenvalue weighted by Crippen LogP contribution is 2.14. The van der Waals surface area contributed by atoms with E-state index in [4.69, 9.17) is 0 Å². The van der Waals surface area contributed by atoms with Gasteiger partial charge in [-0.05, 0) is 13.0 Å². The van der Waals surface area contributed by atoms with E-state index in [1.54, 1.807) is 0 Å². The lowest BCUT2D eigenvalue weighted by Crippen LogP contribution is -2.15. The zero-order chi connectivity index (χ0) is 8.04. The summed E-state index contributed by atoms with van der Waals surface area (Å²) in [6.07, 6.45) is 1.60. The van der Waals surface area contributed by atoms with Gasteiger partial charge in [-0.2, -0.15) is 0 Å². The third-order valence-corrected chi connectivity index (χ3v) is 2.18. The smallest absolute Gasteiger partial charge is 0.271 e. The molecule has 0 bridgehead atoms. The second-order valence-electron chi connectivity index (χ2n) is 2.15. The number of isocyanates is 1. The van der Waals surface area contributed by atoms with Crippen molar-refractivity contribution in [2.75, 3.05) is 6.54 Å². The fourth-order valence-corrected chi connectivity index (χ4v) is 1.29. The van der Waals surface area contributed by atoms with Gasteiger partial charge in [0.1, 0.15) is 0 Å². The highest BCUT2D eigenvalue weighted by molar-refractivity contribution is 6.64. The second-order valence-corrected chi connectivity index (χ2v) is 4.79. The Balaban J connectivity index is 3.28. The average molecular weight is 165 g/mol. The number of aliphatic imine (C=N–C) groups is 1. The lowest BCUT2D eigenvalue weighted by molar-refractivity contribution is 0.561. The van der Waals surface area contributed by atoms with E-state index in [0.29, 0.717) is 6.42 Å². The van der Waals surface area contributed by atoms with Crippen LogP contribution in [-0.2, 0) is 4.79 Å². The van der Waals surface area contributed by atoms with Crippen molar-refractivity contribution in [2.45, 2.75) is 19.0 Å². The molecule has 0 aliphatic heterocycles. The minimum atomic E-state index is -3.90. The molecule has 0 unspecified atom stereocenters. The molecule has 0 aromatic rings. The Morgan fingerprint density at radius 2 is 2.20 bits per heavy atom. The van der Waals surface area contributed by atoms with Crippen molar-refractivity contribution in [3.63, 3.8) is 0 Å². The van der Waals surface area contributed by atoms with Gasteiger partial charge in [0.15, 0.2) is 0 Å². The maximum Gasteiger partial charge on any atom is 0.422 e. The topological polar surface area (TPSA) is 29.4 Å². The van der Waals surface area contributed by atoms with E-state index in [2.05, 4.69) is 4.99 Å². The van der Waals surface area contributed by atoms with Crippen molar-refractivity contribution in [3.8, 4) is 0 Å². The van der Waals surface area contributed by atoms with Gasteiger partial charge < -0.3 is 0 Å². The number of carbonyl (C=O) groups excluding carboxylic acids is 1. The molecule has 5 heteroatoms. The normalized spacial score (nSPS) is 10.7. The first-order valence-electron chi connectivity index (χ1n) is 2.98. The zero-order valence-corrected chi connectivity index (χ0v) is 6.73. The van der Waals surface area contributed by atoms with Gasteiger partial charge in [0.25, 0.3) is 0 Å². The van der Waals surface area contributed by atoms with Crippen LogP contribution in [0.1, 0.15) is 6.42 Å². The average Bonchev–Trinajstić information content (AvgIpc) is 1.78. The van der Waals surface area contributed by atoms with E-state index >= 15 is 0 Å². The predicted octanol–water partition coefficient (Wildman–Crippen LogP) is 1.72. The van der Waals surface area contributed by atoms with Crippen LogP contribution in [0.3, 0.4) is 0 Å². The van der Waals surface area contributed by atoms with E-state index in [-0.39, 0.29) is 12.6 Å². The maximum atomic E-state index is 12.1. The molecule has 0 heterocycles. The van der Waals surface area contributed by atoms with Gasteiger partial charge in [-0.15, -0.1) is 0 Å². The molecule has 0 radical (unpaired) electrons. The molecule has 0 aliphatic carbocycles. The molecule has 0 atom stereocenters. The van der Waals surface area contributed by atoms with Gasteiger partial charge in [-0.1, -0.05) is 0 Å². The van der Waals surface area contributed by atoms with Crippen molar-refractivity contribution in [1.82, 2.24) is 0 Å². The van der Waals surface area contributed by atoms with E-state index in [0.717, 1.165) is 6.55 Å². The molecule has 0 saturated carbocycles. The van der Waals surface area contributed by atoms with Crippen molar-refractivity contribution in [3.05, 3.63) is 0 Å². The summed E-state index contributed by atoms with van der Waals surface area (Å²) in [5.74, 6) is 0. The molecule has 0 fully saturated rings. The van der Waals surface area contributed by atoms with Crippen LogP contribution in [0.2, 0.25) is 12.6 Å². The molecule has 58 valence electrons. The molecule has 0 aromatic carbocycles. The molecule has 0 aliphatic rings. The quantitative estimate of drug-likeness (QED) is 0.205. The first-order valence-corrected chi connectivity index (χ1v) is 5.44. The maximum absolute atomic E-state index is 12.1. The van der Waals surface area contributed by atoms with Crippen LogP contribution >= 0.6 is 0 Å². The van der Waals surface area contributed by atoms with Crippen molar-refractivity contribution in [1.29, 1.82) is 0 Å². The van der Waals surface area contributed by atoms with E-state index in [1.165, 1.54) is 6.08 Å². The monoisotopic (exact) mass is 165 g/mol. The number of rotatable bonds is 4. The molecular formula is C5H9F2NOSi. The van der Waals surface area contributed by atoms with Gasteiger partial charge in [-0.3, -0.25) is 8.22 Å². The summed E-state index contributed by atoms with van der Waals surface area (Å²) in [4.78, 5) is 12.6. The second kappa shape index (κ2) is 4.30. The molecule has 10 heavy (non-hydrogen) atoms. The van der Waals surface area contributed by atoms with Crippen LogP contribution in [0.25, 0.3) is 0 Å². The number of hydrogen-bond acceptors (Lipinski definition) is 2. The molecular weight excluding hydrogens is 156 g/mol. The number of halogens is 2. The van der Waals surface area contributed by atoms with Crippen LogP contribution in [-0.4, -0.2) is 21.4 Å². The zero-order valence-electron chi connectivity index (χ0n) is 5.73. The molecule has 2 nitrogen and oxygen atoms in total. The van der Waals surface area contributed by atoms with E-state index in [1.807, 2.05) is 0 Å². The van der Waals surface area contributed by atoms with Gasteiger partial charge in [0.2, 0.25) is 6.08 Å². The molecule has 0 spiro atoms. The van der Waals surface area contributed by atoms with Crippen molar-refractivity contribution in [2.24, 2.45) is 4.99 Å². The van der Waals surface area contributed by atoms with Crippen LogP contribution < -0.4 is 0 Å². The van der Waals surface area contributed by atoms with Crippen LogP contribution in [0.4, 0.5) is 8.22 Å². The lowest BCUT2D eigenvalue weighted by atomic mass is 10.5. The number of hydrogen-bond donors (Lipinski definition) is 0. The highest BCUT2D eigenvalue weighted by Gasteiger charge is 2.26. The third kappa shape index (κ3) is 7.46. The Morgan fingerprint density at radius 3 is 2.60 bits per heavy atom. The van der Waals surface area contributed by atoms with Gasteiger partial charge in [-0.25, -0.2) is 9.79 Å². The summed E-state index contributed by atoms with van der Waals surface area (Å²) in [7, 11) is -3.90. The Bertz CT molecular complexity index is 139. The van der Waals surface area contributed by atoms with Crippen LogP contribution in [0, 0.1) is 0 Å². The van der Waals surface area contributed by atoms with Crippen molar-refractivity contribution >= 4 is 14.8 Å². The van der Waals surface area contributed by atoms with E-state index < -0.39 is 8.74 Å². The highest BCUT2D eigenvalue weighted by atomic mass is 28.4. The van der Waals surface area contributed by atoms with Gasteiger partial charge in [0, 0.05) is 6.04 Å². The molecule has 0 N–H and O–H groups in total. The predicted molar refractivity (Wildman–Crippen MR) is 36.2 cm³/mol. The van der Waals surface area contributed by atoms with Crippen LogP contribution in [0.5, 0.6) is 0 Å². The van der Waals surface area contributed by atoms with Gasteiger partial charge in [0.05, 0.1) is 6.54 Å². The van der Waals surface area contributed by atoms with Crippen LogP contribution in [0.15, 0.2) is 4.99 Å². The molecule has 0 amide bonds. The summed E-state index contributed by atoms with van der Waals surface area (Å²) in [6, 6.07) is -0.0851. The van der Waals surface area contributed by atoms with Gasteiger partial charge >= 0.3 is 8.74 Å². The first-order chi connectivity index (χ1) is 4.56. The fourth-order valence-electron chi connectivity index (χ4n) is 0.514. The Morgan fingerprint density at radius 1 is 1.60 bits per heavy atom. The first kappa shape index (κ1) is 9.46. The number of nitrogens with zero attached hydrogens (tertiary/aromatic N) is 1. The Labute approximate surface area is 59.3 Å². The van der Waals surface area contributed by atoms with Crippen molar-refractivity contribution < 1.29 is 13.0 Å². The lowest BCUT2D eigenvalue weighted by Gasteiger charge is -2.02. The third-order valence-electron chi connectivity index (χ3n) is 0.950. The molecule has 0 saturated heterocycles. The minimum Gasteiger partial charge on any atom is -0.271 e. The van der Waals surface area contributed by atoms with E-state index in [9.17, 15) is 13.0 Å². The summed E-state index contributed by atoms with van der Waals surface area (Å²) in [6.45, 7) is 1.16. The Hall–Kier alpha value is -0.543. The summed E-state index contributed by atoms with van der Waals surface area (Å²) in [5.41, 5.74) is 0. The fraction of sp³-hybridized carbons (Fsp3) is 0.800. The minimum absolute atomic E-state index is 0.0851. The standard InChI is InChI=1S/C5H9F2NOSi/c1-10(6,7)4-2-3-8-5-9/h2-4H2,1H3. The SMILES string of the molecule is C[Si](F)(F)CCCN=C=O. The largest absolute Gasteiger partial charge is 0.422 e. The summed E-state index contributed by atoms with van der Waals surface area (Å²) >= 11 is 0. The summed E-state index contributed by atoms with van der Waals surface area (Å²) in [5, 5.41) is 0. The Kier molecular flexibility index (Phi) is 4.07. The summed E-state index contributed by atoms with van der Waals surface area (Å²) < 4.78 is 24.3. The molecule has 0 aromatic heterocycles. The molecule has 0 rings (SSSR count).